The second-order valence-electron chi connectivity index (χ2n) is 4.01. The fraction of sp³-hybridized carbons (Fsp3) is 0.143. The van der Waals surface area contributed by atoms with Gasteiger partial charge in [0.25, 0.3) is 0 Å². The van der Waals surface area contributed by atoms with Crippen LogP contribution in [-0.4, -0.2) is 5.11 Å². The summed E-state index contributed by atoms with van der Waals surface area (Å²) in [6, 6.07) is 13.1. The number of halogens is 3. The third-order valence-electron chi connectivity index (χ3n) is 2.68. The van der Waals surface area contributed by atoms with E-state index >= 15 is 0 Å². The van der Waals surface area contributed by atoms with Gasteiger partial charge in [0.1, 0.15) is 0 Å². The van der Waals surface area contributed by atoms with Gasteiger partial charge in [-0.15, -0.1) is 0 Å². The van der Waals surface area contributed by atoms with Crippen molar-refractivity contribution in [3.8, 4) is 0 Å². The molecule has 0 bridgehead atoms. The summed E-state index contributed by atoms with van der Waals surface area (Å²) < 4.78 is 1.15. The number of hydrogen-bond acceptors (Lipinski definition) is 1. The van der Waals surface area contributed by atoms with E-state index in [-0.39, 0.29) is 0 Å². The molecule has 0 spiro atoms. The van der Waals surface area contributed by atoms with Gasteiger partial charge in [0.2, 0.25) is 0 Å². The Bertz CT molecular complexity index is 540. The van der Waals surface area contributed by atoms with Crippen LogP contribution in [0.25, 0.3) is 0 Å². The molecule has 0 aliphatic rings. The minimum Gasteiger partial charge on any atom is -0.388 e. The van der Waals surface area contributed by atoms with Gasteiger partial charge in [-0.3, -0.25) is 0 Å². The van der Waals surface area contributed by atoms with Crippen molar-refractivity contribution in [2.75, 3.05) is 0 Å². The minimum absolute atomic E-state index is 0.483. The lowest BCUT2D eigenvalue weighted by atomic mass is 10.0. The maximum absolute atomic E-state index is 10.2. The van der Waals surface area contributed by atoms with Crippen LogP contribution in [0.1, 0.15) is 17.2 Å². The first-order valence-corrected chi connectivity index (χ1v) is 7.27. The Morgan fingerprint density at radius 3 is 2.33 bits per heavy atom. The van der Waals surface area contributed by atoms with Gasteiger partial charge >= 0.3 is 0 Å². The number of aliphatic hydroxyl groups is 1. The molecule has 0 aliphatic carbocycles. The smallest absolute Gasteiger partial charge is 0.0830 e. The van der Waals surface area contributed by atoms with Gasteiger partial charge < -0.3 is 5.11 Å². The van der Waals surface area contributed by atoms with Gasteiger partial charge in [-0.1, -0.05) is 41.4 Å². The molecule has 1 nitrogen and oxygen atoms in total. The van der Waals surface area contributed by atoms with Crippen molar-refractivity contribution in [3.63, 3.8) is 0 Å². The summed E-state index contributed by atoms with van der Waals surface area (Å²) >= 11 is 14.2. The van der Waals surface area contributed by atoms with Crippen LogP contribution in [0.15, 0.2) is 42.5 Å². The molecule has 4 heteroatoms. The van der Waals surface area contributed by atoms with Gasteiger partial charge in [0, 0.05) is 20.0 Å². The van der Waals surface area contributed by atoms with Crippen molar-refractivity contribution in [3.05, 3.63) is 67.2 Å². The second-order valence-corrected chi connectivity index (χ2v) is 6.10. The second kappa shape index (κ2) is 6.24. The van der Waals surface area contributed by atoms with Crippen LogP contribution in [0, 0.1) is 3.57 Å². The summed E-state index contributed by atoms with van der Waals surface area (Å²) in [6.07, 6.45) is -0.0722. The molecule has 0 radical (unpaired) electrons. The van der Waals surface area contributed by atoms with E-state index in [1.165, 1.54) is 0 Å². The van der Waals surface area contributed by atoms with Gasteiger partial charge in [-0.25, -0.2) is 0 Å². The van der Waals surface area contributed by atoms with Gasteiger partial charge in [-0.05, 0) is 58.0 Å². The predicted molar refractivity (Wildman–Crippen MR) is 84.3 cm³/mol. The molecule has 0 saturated heterocycles. The van der Waals surface area contributed by atoms with Gasteiger partial charge in [0.15, 0.2) is 0 Å². The molecule has 0 aromatic heterocycles. The van der Waals surface area contributed by atoms with Crippen LogP contribution < -0.4 is 0 Å². The zero-order chi connectivity index (χ0) is 13.1. The Hall–Kier alpha value is -0.290. The highest BCUT2D eigenvalue weighted by atomic mass is 127. The molecule has 2 rings (SSSR count). The first kappa shape index (κ1) is 14.1. The number of hydrogen-bond donors (Lipinski definition) is 1. The first-order chi connectivity index (χ1) is 8.56. The highest BCUT2D eigenvalue weighted by Crippen LogP contribution is 2.26. The van der Waals surface area contributed by atoms with Gasteiger partial charge in [-0.2, -0.15) is 0 Å². The highest BCUT2D eigenvalue weighted by molar-refractivity contribution is 14.1. The average molecular weight is 393 g/mol. The maximum atomic E-state index is 10.2. The Labute approximate surface area is 130 Å². The lowest BCUT2D eigenvalue weighted by Gasteiger charge is -2.12. The quantitative estimate of drug-likeness (QED) is 0.738. The van der Waals surface area contributed by atoms with Crippen LogP contribution in [0.4, 0.5) is 0 Å². The van der Waals surface area contributed by atoms with Gasteiger partial charge in [0.05, 0.1) is 6.10 Å². The van der Waals surface area contributed by atoms with E-state index in [0.717, 1.165) is 14.7 Å². The number of aliphatic hydroxyl groups excluding tert-OH is 1. The number of rotatable bonds is 3. The van der Waals surface area contributed by atoms with E-state index in [1.54, 1.807) is 12.1 Å². The van der Waals surface area contributed by atoms with Crippen molar-refractivity contribution in [1.29, 1.82) is 0 Å². The van der Waals surface area contributed by atoms with E-state index < -0.39 is 6.10 Å². The van der Waals surface area contributed by atoms with Crippen molar-refractivity contribution in [1.82, 2.24) is 0 Å². The molecule has 18 heavy (non-hydrogen) atoms. The molecule has 0 fully saturated rings. The zero-order valence-electron chi connectivity index (χ0n) is 9.41. The van der Waals surface area contributed by atoms with Crippen molar-refractivity contribution < 1.29 is 5.11 Å². The van der Waals surface area contributed by atoms with Crippen molar-refractivity contribution in [2.45, 2.75) is 12.5 Å². The molecular weight excluding hydrogens is 382 g/mol. The summed E-state index contributed by atoms with van der Waals surface area (Å²) in [4.78, 5) is 0. The normalized spacial score (nSPS) is 12.4. The molecule has 94 valence electrons. The van der Waals surface area contributed by atoms with Crippen LogP contribution in [0.2, 0.25) is 10.0 Å². The Kier molecular flexibility index (Phi) is 4.90. The molecule has 2 aromatic rings. The first-order valence-electron chi connectivity index (χ1n) is 5.44. The molecule has 0 aliphatic heterocycles. The zero-order valence-corrected chi connectivity index (χ0v) is 13.1. The molecular formula is C14H11Cl2IO. The predicted octanol–water partition coefficient (Wildman–Crippen LogP) is 4.87. The summed E-state index contributed by atoms with van der Waals surface area (Å²) in [6.45, 7) is 0. The van der Waals surface area contributed by atoms with Crippen LogP contribution >= 0.6 is 45.8 Å². The maximum Gasteiger partial charge on any atom is 0.0830 e. The number of benzene rings is 2. The van der Waals surface area contributed by atoms with E-state index in [1.807, 2.05) is 30.3 Å². The summed E-state index contributed by atoms with van der Waals surface area (Å²) in [5.41, 5.74) is 1.79. The third kappa shape index (κ3) is 3.60. The lowest BCUT2D eigenvalue weighted by molar-refractivity contribution is 0.178. The van der Waals surface area contributed by atoms with Crippen molar-refractivity contribution in [2.24, 2.45) is 0 Å². The standard InChI is InChI=1S/C14H11Cl2IO/c15-11-4-1-10(13(16)8-11)7-14(18)9-2-5-12(17)6-3-9/h1-6,8,14,18H,7H2. The Morgan fingerprint density at radius 1 is 1.06 bits per heavy atom. The van der Waals surface area contributed by atoms with Crippen LogP contribution in [-0.2, 0) is 6.42 Å². The van der Waals surface area contributed by atoms with E-state index in [9.17, 15) is 5.11 Å². The molecule has 0 saturated carbocycles. The van der Waals surface area contributed by atoms with Crippen molar-refractivity contribution >= 4 is 45.8 Å². The molecule has 1 unspecified atom stereocenters. The fourth-order valence-corrected chi connectivity index (χ4v) is 2.54. The molecule has 1 atom stereocenters. The average Bonchev–Trinajstić information content (AvgIpc) is 2.33. The lowest BCUT2D eigenvalue weighted by Crippen LogP contribution is -2.02. The molecule has 0 heterocycles. The summed E-state index contributed by atoms with van der Waals surface area (Å²) in [5, 5.41) is 11.4. The summed E-state index contributed by atoms with van der Waals surface area (Å²) in [7, 11) is 0. The topological polar surface area (TPSA) is 20.2 Å². The van der Waals surface area contributed by atoms with E-state index in [0.29, 0.717) is 16.5 Å². The van der Waals surface area contributed by atoms with Crippen LogP contribution in [0.3, 0.4) is 0 Å². The largest absolute Gasteiger partial charge is 0.388 e. The molecule has 0 amide bonds. The molecule has 1 N–H and O–H groups in total. The SMILES string of the molecule is OC(Cc1ccc(Cl)cc1Cl)c1ccc(I)cc1. The Balaban J connectivity index is 2.15. The monoisotopic (exact) mass is 392 g/mol. The highest BCUT2D eigenvalue weighted by Gasteiger charge is 2.11. The summed E-state index contributed by atoms with van der Waals surface area (Å²) in [5.74, 6) is 0. The molecule has 2 aromatic carbocycles. The Morgan fingerprint density at radius 2 is 1.72 bits per heavy atom. The van der Waals surface area contributed by atoms with Crippen LogP contribution in [0.5, 0.6) is 0 Å². The van der Waals surface area contributed by atoms with E-state index in [4.69, 9.17) is 23.2 Å². The minimum atomic E-state index is -0.555. The van der Waals surface area contributed by atoms with E-state index in [2.05, 4.69) is 22.6 Å². The third-order valence-corrected chi connectivity index (χ3v) is 3.99. The fourth-order valence-electron chi connectivity index (χ4n) is 1.70.